The van der Waals surface area contributed by atoms with Gasteiger partial charge in [-0.3, -0.25) is 10.1 Å². The van der Waals surface area contributed by atoms with Crippen molar-refractivity contribution in [2.75, 3.05) is 18.1 Å². The number of nitro groups is 1. The zero-order chi connectivity index (χ0) is 11.8. The molecule has 1 aromatic rings. The summed E-state index contributed by atoms with van der Waals surface area (Å²) in [5, 5.41) is 10.8. The van der Waals surface area contributed by atoms with Crippen molar-refractivity contribution in [3.8, 4) is 5.88 Å². The first-order valence-electron chi connectivity index (χ1n) is 5.79. The average Bonchev–Trinajstić information content (AvgIpc) is 2.38. The van der Waals surface area contributed by atoms with E-state index in [0.29, 0.717) is 18.5 Å². The molecule has 2 aliphatic heterocycles. The van der Waals surface area contributed by atoms with Crippen molar-refractivity contribution in [2.24, 2.45) is 0 Å². The zero-order valence-electron chi connectivity index (χ0n) is 11.3. The number of rotatable bonds is 1. The normalized spacial score (nSPS) is 20.0. The smallest absolute Gasteiger partial charge is 0.474 e. The van der Waals surface area contributed by atoms with E-state index in [1.165, 1.54) is 12.6 Å². The van der Waals surface area contributed by atoms with Crippen molar-refractivity contribution in [1.82, 2.24) is 4.98 Å². The fourth-order valence-electron chi connectivity index (χ4n) is 2.51. The molecule has 3 rings (SSSR count). The van der Waals surface area contributed by atoms with E-state index in [1.807, 2.05) is 0 Å². The summed E-state index contributed by atoms with van der Waals surface area (Å²) in [5.41, 5.74) is 0.800. The average molecular weight is 383 g/mol. The van der Waals surface area contributed by atoms with E-state index in [-0.39, 0.29) is 82.0 Å². The van der Waals surface area contributed by atoms with Gasteiger partial charge in [0.25, 0.3) is 5.69 Å². The monoisotopic (exact) mass is 383 g/mol. The van der Waals surface area contributed by atoms with Crippen LogP contribution in [0.5, 0.6) is 5.88 Å². The fraction of sp³-hybridized carbons (Fsp3) is 0.500. The summed E-state index contributed by atoms with van der Waals surface area (Å²) in [6.07, 6.45) is 4.66. The van der Waals surface area contributed by atoms with Crippen LogP contribution in [0.4, 0.5) is 11.4 Å². The van der Waals surface area contributed by atoms with Gasteiger partial charge in [0, 0.05) is 12.6 Å². The van der Waals surface area contributed by atoms with E-state index in [2.05, 4.69) is 9.88 Å². The molecule has 1 fully saturated rings. The largest absolute Gasteiger partial charge is 1.00 e. The molecule has 1 unspecified atom stereocenters. The number of aromatic nitrogens is 1. The molecule has 0 saturated carbocycles. The molecular formula is C12H16CsN3O3. The number of hydrogen-bond donors (Lipinski definition) is 0. The van der Waals surface area contributed by atoms with Gasteiger partial charge in [0.05, 0.1) is 11.0 Å². The summed E-state index contributed by atoms with van der Waals surface area (Å²) in [6, 6.07) is 1.92. The number of anilines is 1. The second kappa shape index (κ2) is 7.28. The van der Waals surface area contributed by atoms with Crippen LogP contribution in [-0.2, 0) is 0 Å². The van der Waals surface area contributed by atoms with Crippen LogP contribution < -0.4 is 78.5 Å². The number of fused-ring (bicyclic) bond motifs is 3. The van der Waals surface area contributed by atoms with Crippen molar-refractivity contribution < 1.29 is 78.6 Å². The SMILES string of the molecule is O=[N+]([O-])c1cnc2c(c1)N1CCCCC1CO2.[CH3-].[Cs+]. The van der Waals surface area contributed by atoms with Crippen molar-refractivity contribution in [3.63, 3.8) is 0 Å². The van der Waals surface area contributed by atoms with Crippen molar-refractivity contribution in [2.45, 2.75) is 25.3 Å². The number of hydrogen-bond acceptors (Lipinski definition) is 5. The fourth-order valence-corrected chi connectivity index (χ4v) is 2.51. The van der Waals surface area contributed by atoms with E-state index in [4.69, 9.17) is 4.74 Å². The van der Waals surface area contributed by atoms with Crippen molar-refractivity contribution >= 4 is 11.4 Å². The molecule has 0 spiro atoms. The third kappa shape index (κ3) is 3.45. The van der Waals surface area contributed by atoms with Crippen LogP contribution in [0.1, 0.15) is 19.3 Å². The molecule has 0 aliphatic carbocycles. The molecule has 19 heavy (non-hydrogen) atoms. The molecule has 6 nitrogen and oxygen atoms in total. The van der Waals surface area contributed by atoms with E-state index in [1.54, 1.807) is 6.07 Å². The molecule has 0 bridgehead atoms. The predicted molar refractivity (Wildman–Crippen MR) is 67.8 cm³/mol. The van der Waals surface area contributed by atoms with Crippen molar-refractivity contribution in [1.29, 1.82) is 0 Å². The van der Waals surface area contributed by atoms with Crippen LogP contribution in [-0.4, -0.2) is 29.1 Å². The minimum atomic E-state index is -0.416. The van der Waals surface area contributed by atoms with Crippen LogP contribution in [0.15, 0.2) is 12.3 Å². The van der Waals surface area contributed by atoms with Gasteiger partial charge in [-0.1, -0.05) is 0 Å². The molecule has 98 valence electrons. The predicted octanol–water partition coefficient (Wildman–Crippen LogP) is -0.805. The third-order valence-corrected chi connectivity index (χ3v) is 3.38. The zero-order valence-corrected chi connectivity index (χ0v) is 17.6. The van der Waals surface area contributed by atoms with E-state index >= 15 is 0 Å². The Bertz CT molecular complexity index is 470. The summed E-state index contributed by atoms with van der Waals surface area (Å²) < 4.78 is 5.55. The number of nitrogens with zero attached hydrogens (tertiary/aromatic N) is 3. The Morgan fingerprint density at radius 3 is 3.00 bits per heavy atom. The van der Waals surface area contributed by atoms with Gasteiger partial charge in [0.1, 0.15) is 18.5 Å². The molecule has 1 aromatic heterocycles. The molecule has 1 atom stereocenters. The molecule has 0 radical (unpaired) electrons. The van der Waals surface area contributed by atoms with Crippen LogP contribution in [0, 0.1) is 17.5 Å². The molecule has 0 N–H and O–H groups in total. The first-order chi connectivity index (χ1) is 8.25. The Hall–Kier alpha value is 0.202. The summed E-state index contributed by atoms with van der Waals surface area (Å²) in [4.78, 5) is 16.6. The van der Waals surface area contributed by atoms with Crippen LogP contribution in [0.25, 0.3) is 0 Å². The third-order valence-electron chi connectivity index (χ3n) is 3.38. The summed E-state index contributed by atoms with van der Waals surface area (Å²) in [6.45, 7) is 1.57. The van der Waals surface area contributed by atoms with Gasteiger partial charge in [-0.05, 0) is 19.3 Å². The minimum absolute atomic E-state index is 0. The maximum absolute atomic E-state index is 10.8. The van der Waals surface area contributed by atoms with Gasteiger partial charge in [-0.25, -0.2) is 4.98 Å². The van der Waals surface area contributed by atoms with E-state index < -0.39 is 4.92 Å². The molecular weight excluding hydrogens is 367 g/mol. The van der Waals surface area contributed by atoms with E-state index in [0.717, 1.165) is 25.1 Å². The number of piperidine rings is 1. The summed E-state index contributed by atoms with van der Waals surface area (Å²) in [7, 11) is 0. The first-order valence-corrected chi connectivity index (χ1v) is 5.79. The molecule has 1 saturated heterocycles. The Morgan fingerprint density at radius 1 is 1.47 bits per heavy atom. The maximum Gasteiger partial charge on any atom is 1.00 e. The van der Waals surface area contributed by atoms with Gasteiger partial charge in [0.15, 0.2) is 0 Å². The van der Waals surface area contributed by atoms with Gasteiger partial charge < -0.3 is 17.1 Å². The number of ether oxygens (including phenoxy) is 1. The Morgan fingerprint density at radius 2 is 2.26 bits per heavy atom. The van der Waals surface area contributed by atoms with Crippen LogP contribution in [0.2, 0.25) is 0 Å². The number of pyridine rings is 1. The first kappa shape index (κ1) is 17.3. The van der Waals surface area contributed by atoms with Gasteiger partial charge in [0.2, 0.25) is 5.88 Å². The quantitative estimate of drug-likeness (QED) is 0.361. The van der Waals surface area contributed by atoms with Gasteiger partial charge in [-0.15, -0.1) is 0 Å². The topological polar surface area (TPSA) is 68.5 Å². The molecule has 0 amide bonds. The molecule has 2 aliphatic rings. The van der Waals surface area contributed by atoms with Gasteiger partial charge >= 0.3 is 68.9 Å². The molecule has 7 heteroatoms. The van der Waals surface area contributed by atoms with E-state index in [9.17, 15) is 10.1 Å². The van der Waals surface area contributed by atoms with Crippen LogP contribution >= 0.6 is 0 Å². The van der Waals surface area contributed by atoms with Gasteiger partial charge in [-0.2, -0.15) is 0 Å². The Balaban J connectivity index is 0.000000902. The second-order valence-electron chi connectivity index (χ2n) is 4.43. The standard InChI is InChI=1S/C11H13N3O3.CH3.Cs/c15-14(16)9-5-10-11(12-6-9)17-7-8-3-1-2-4-13(8)10;;/h5-6,8H,1-4,7H2;1H3;/q;-1;+1. The van der Waals surface area contributed by atoms with Crippen molar-refractivity contribution in [3.05, 3.63) is 29.8 Å². The summed E-state index contributed by atoms with van der Waals surface area (Å²) in [5.74, 6) is 0.522. The minimum Gasteiger partial charge on any atom is -0.474 e. The molecule has 3 heterocycles. The second-order valence-corrected chi connectivity index (χ2v) is 4.43. The summed E-state index contributed by atoms with van der Waals surface area (Å²) >= 11 is 0. The maximum atomic E-state index is 10.8. The Labute approximate surface area is 171 Å². The molecule has 0 aromatic carbocycles. The Kier molecular flexibility index (Phi) is 6.61. The van der Waals surface area contributed by atoms with Crippen LogP contribution in [0.3, 0.4) is 0 Å².